The van der Waals surface area contributed by atoms with Gasteiger partial charge in [-0.05, 0) is 44.9 Å². The van der Waals surface area contributed by atoms with Crippen molar-refractivity contribution < 1.29 is 28.6 Å². The van der Waals surface area contributed by atoms with Gasteiger partial charge in [0, 0.05) is 19.3 Å². The molecule has 6 heteroatoms. The number of carbonyl (C=O) groups excluding carboxylic acids is 3. The lowest BCUT2D eigenvalue weighted by Crippen LogP contribution is -2.30. The Kier molecular flexibility index (Phi) is 56.2. The van der Waals surface area contributed by atoms with E-state index in [0.717, 1.165) is 57.8 Å². The van der Waals surface area contributed by atoms with Gasteiger partial charge in [0.15, 0.2) is 6.10 Å². The molecule has 68 heavy (non-hydrogen) atoms. The first kappa shape index (κ1) is 66.2. The van der Waals surface area contributed by atoms with E-state index in [4.69, 9.17) is 14.2 Å². The molecule has 1 unspecified atom stereocenters. The van der Waals surface area contributed by atoms with E-state index in [9.17, 15) is 14.4 Å². The van der Waals surface area contributed by atoms with Crippen molar-refractivity contribution in [3.63, 3.8) is 0 Å². The molecule has 0 fully saturated rings. The van der Waals surface area contributed by atoms with Gasteiger partial charge in [0.05, 0.1) is 0 Å². The van der Waals surface area contributed by atoms with Crippen molar-refractivity contribution in [1.82, 2.24) is 0 Å². The number of hydrogen-bond acceptors (Lipinski definition) is 6. The van der Waals surface area contributed by atoms with Crippen molar-refractivity contribution in [3.05, 3.63) is 12.2 Å². The Morgan fingerprint density at radius 1 is 0.279 bits per heavy atom. The summed E-state index contributed by atoms with van der Waals surface area (Å²) in [5.41, 5.74) is 0. The van der Waals surface area contributed by atoms with Gasteiger partial charge in [-0.15, -0.1) is 0 Å². The average Bonchev–Trinajstić information content (AvgIpc) is 3.34. The van der Waals surface area contributed by atoms with E-state index in [1.165, 1.54) is 250 Å². The molecule has 0 N–H and O–H groups in total. The fourth-order valence-corrected chi connectivity index (χ4v) is 9.38. The van der Waals surface area contributed by atoms with Gasteiger partial charge in [0.1, 0.15) is 13.2 Å². The van der Waals surface area contributed by atoms with E-state index in [0.29, 0.717) is 19.3 Å². The zero-order valence-electron chi connectivity index (χ0n) is 46.2. The van der Waals surface area contributed by atoms with E-state index >= 15 is 0 Å². The quantitative estimate of drug-likeness (QED) is 0.0262. The van der Waals surface area contributed by atoms with Gasteiger partial charge in [-0.3, -0.25) is 14.4 Å². The predicted octanol–water partition coefficient (Wildman–Crippen LogP) is 20.5. The lowest BCUT2D eigenvalue weighted by Gasteiger charge is -2.18. The van der Waals surface area contributed by atoms with Gasteiger partial charge < -0.3 is 14.2 Å². The number of carbonyl (C=O) groups is 3. The number of rotatable bonds is 57. The lowest BCUT2D eigenvalue weighted by molar-refractivity contribution is -0.167. The van der Waals surface area contributed by atoms with Crippen LogP contribution in [0.25, 0.3) is 0 Å². The molecular formula is C62H118O6. The highest BCUT2D eigenvalue weighted by molar-refractivity contribution is 5.71. The van der Waals surface area contributed by atoms with Crippen LogP contribution in [0.2, 0.25) is 0 Å². The molecule has 0 saturated carbocycles. The maximum absolute atomic E-state index is 12.9. The molecule has 0 radical (unpaired) electrons. The van der Waals surface area contributed by atoms with E-state index in [-0.39, 0.29) is 31.1 Å². The monoisotopic (exact) mass is 959 g/mol. The minimum absolute atomic E-state index is 0.0646. The molecule has 402 valence electrons. The third-order valence-corrected chi connectivity index (χ3v) is 14.0. The molecule has 0 aromatic carbocycles. The number of esters is 3. The van der Waals surface area contributed by atoms with Crippen LogP contribution in [0.4, 0.5) is 0 Å². The number of unbranched alkanes of at least 4 members (excludes halogenated alkanes) is 44. The van der Waals surface area contributed by atoms with Crippen LogP contribution in [-0.2, 0) is 28.6 Å². The topological polar surface area (TPSA) is 78.9 Å². The molecule has 0 amide bonds. The second kappa shape index (κ2) is 57.7. The third kappa shape index (κ3) is 55.1. The van der Waals surface area contributed by atoms with Crippen LogP contribution in [0.3, 0.4) is 0 Å². The number of allylic oxidation sites excluding steroid dienone is 2. The van der Waals surface area contributed by atoms with Crippen LogP contribution < -0.4 is 0 Å². The molecule has 0 aromatic heterocycles. The van der Waals surface area contributed by atoms with E-state index in [2.05, 4.69) is 32.9 Å². The largest absolute Gasteiger partial charge is 0.462 e. The fraction of sp³-hybridized carbons (Fsp3) is 0.919. The molecule has 0 saturated heterocycles. The molecule has 0 aromatic rings. The lowest BCUT2D eigenvalue weighted by atomic mass is 10.0. The Morgan fingerprint density at radius 2 is 0.485 bits per heavy atom. The summed E-state index contributed by atoms with van der Waals surface area (Å²) >= 11 is 0. The van der Waals surface area contributed by atoms with Crippen molar-refractivity contribution in [2.45, 2.75) is 354 Å². The molecular weight excluding hydrogens is 841 g/mol. The standard InChI is InChI=1S/C62H118O6/c1-4-7-10-13-16-19-22-24-26-28-30-31-33-34-36-38-40-43-46-49-52-55-61(64)67-58-59(57-66-60(63)54-51-48-45-42-21-18-15-12-9-6-3)68-62(65)56-53-50-47-44-41-39-37-35-32-29-27-25-23-20-17-14-11-8-5-2/h28,30,59H,4-27,29,31-58H2,1-3H3/b30-28-. The zero-order valence-corrected chi connectivity index (χ0v) is 46.2. The van der Waals surface area contributed by atoms with Crippen LogP contribution in [0, 0.1) is 0 Å². The Labute approximate surface area is 424 Å². The Morgan fingerprint density at radius 3 is 0.735 bits per heavy atom. The van der Waals surface area contributed by atoms with Crippen molar-refractivity contribution in [1.29, 1.82) is 0 Å². The van der Waals surface area contributed by atoms with Gasteiger partial charge in [-0.2, -0.15) is 0 Å². The van der Waals surface area contributed by atoms with Gasteiger partial charge in [-0.25, -0.2) is 0 Å². The van der Waals surface area contributed by atoms with Crippen molar-refractivity contribution in [2.75, 3.05) is 13.2 Å². The highest BCUT2D eigenvalue weighted by Crippen LogP contribution is 2.18. The summed E-state index contributed by atoms with van der Waals surface area (Å²) in [7, 11) is 0. The Bertz CT molecular complexity index is 1060. The summed E-state index contributed by atoms with van der Waals surface area (Å²) < 4.78 is 16.9. The summed E-state index contributed by atoms with van der Waals surface area (Å²) in [5.74, 6) is -0.842. The van der Waals surface area contributed by atoms with Gasteiger partial charge in [0.2, 0.25) is 0 Å². The van der Waals surface area contributed by atoms with E-state index < -0.39 is 6.10 Å². The first-order valence-electron chi connectivity index (χ1n) is 30.7. The van der Waals surface area contributed by atoms with Gasteiger partial charge >= 0.3 is 17.9 Å². The molecule has 0 heterocycles. The minimum atomic E-state index is -0.765. The van der Waals surface area contributed by atoms with Crippen molar-refractivity contribution in [3.8, 4) is 0 Å². The van der Waals surface area contributed by atoms with Crippen molar-refractivity contribution >= 4 is 17.9 Å². The van der Waals surface area contributed by atoms with Crippen molar-refractivity contribution in [2.24, 2.45) is 0 Å². The highest BCUT2D eigenvalue weighted by atomic mass is 16.6. The second-order valence-electron chi connectivity index (χ2n) is 21.0. The average molecular weight is 960 g/mol. The molecule has 0 aliphatic heterocycles. The van der Waals surface area contributed by atoms with Gasteiger partial charge in [0.25, 0.3) is 0 Å². The highest BCUT2D eigenvalue weighted by Gasteiger charge is 2.19. The summed E-state index contributed by atoms with van der Waals surface area (Å²) in [6.45, 7) is 6.69. The SMILES string of the molecule is CCCCCCCCCC/C=C\CCCCCCCCCCCC(=O)OCC(COC(=O)CCCCCCCCCCCC)OC(=O)CCCCCCCCCCCCCCCCCCCCC. The fourth-order valence-electron chi connectivity index (χ4n) is 9.38. The smallest absolute Gasteiger partial charge is 0.306 e. The summed E-state index contributed by atoms with van der Waals surface area (Å²) in [4.78, 5) is 38.1. The number of hydrogen-bond donors (Lipinski definition) is 0. The predicted molar refractivity (Wildman–Crippen MR) is 293 cm³/mol. The van der Waals surface area contributed by atoms with Crippen LogP contribution in [-0.4, -0.2) is 37.2 Å². The third-order valence-electron chi connectivity index (χ3n) is 14.0. The van der Waals surface area contributed by atoms with E-state index in [1.807, 2.05) is 0 Å². The molecule has 0 spiro atoms. The molecule has 0 aliphatic rings. The molecule has 0 bridgehead atoms. The molecule has 0 rings (SSSR count). The molecule has 0 aliphatic carbocycles. The Hall–Kier alpha value is -1.85. The maximum Gasteiger partial charge on any atom is 0.306 e. The Balaban J connectivity index is 4.21. The first-order valence-corrected chi connectivity index (χ1v) is 30.7. The summed E-state index contributed by atoms with van der Waals surface area (Å²) in [6, 6.07) is 0. The zero-order chi connectivity index (χ0) is 49.3. The van der Waals surface area contributed by atoms with Crippen LogP contribution in [0.5, 0.6) is 0 Å². The van der Waals surface area contributed by atoms with Gasteiger partial charge in [-0.1, -0.05) is 296 Å². The molecule has 1 atom stereocenters. The first-order chi connectivity index (χ1) is 33.5. The summed E-state index contributed by atoms with van der Waals surface area (Å²) in [6.07, 6.45) is 66.5. The maximum atomic E-state index is 12.9. The normalized spacial score (nSPS) is 12.0. The number of ether oxygens (including phenoxy) is 3. The van der Waals surface area contributed by atoms with Crippen LogP contribution >= 0.6 is 0 Å². The van der Waals surface area contributed by atoms with Crippen LogP contribution in [0.1, 0.15) is 348 Å². The van der Waals surface area contributed by atoms with Crippen LogP contribution in [0.15, 0.2) is 12.2 Å². The molecule has 6 nitrogen and oxygen atoms in total. The summed E-state index contributed by atoms with van der Waals surface area (Å²) in [5, 5.41) is 0. The van der Waals surface area contributed by atoms with E-state index in [1.54, 1.807) is 0 Å². The minimum Gasteiger partial charge on any atom is -0.462 e. The second-order valence-corrected chi connectivity index (χ2v) is 21.0.